The lowest BCUT2D eigenvalue weighted by Crippen LogP contribution is -2.47. The van der Waals surface area contributed by atoms with Crippen LogP contribution in [0.15, 0.2) is 36.4 Å². The van der Waals surface area contributed by atoms with E-state index in [1.54, 1.807) is 26.0 Å². The van der Waals surface area contributed by atoms with Gasteiger partial charge in [0.1, 0.15) is 16.8 Å². The van der Waals surface area contributed by atoms with Crippen molar-refractivity contribution in [1.82, 2.24) is 5.32 Å². The lowest BCUT2D eigenvalue weighted by Gasteiger charge is -2.22. The normalized spacial score (nSPS) is 11.7. The molecular formula is C19H19Cl2N3O5. The van der Waals surface area contributed by atoms with Gasteiger partial charge < -0.3 is 15.4 Å². The van der Waals surface area contributed by atoms with Gasteiger partial charge in [-0.2, -0.15) is 0 Å². The number of carbonyl (C=O) groups excluding carboxylic acids is 2. The first kappa shape index (κ1) is 22.4. The van der Waals surface area contributed by atoms with Gasteiger partial charge in [0.05, 0.1) is 17.1 Å². The Balaban J connectivity index is 2.18. The second-order valence-electron chi connectivity index (χ2n) is 6.46. The van der Waals surface area contributed by atoms with E-state index in [0.717, 1.165) is 6.07 Å². The third kappa shape index (κ3) is 5.58. The Kier molecular flexibility index (Phi) is 7.41. The summed E-state index contributed by atoms with van der Waals surface area (Å²) in [5.74, 6) is -0.887. The number of anilines is 1. The van der Waals surface area contributed by atoms with E-state index in [-0.39, 0.29) is 16.5 Å². The van der Waals surface area contributed by atoms with Crippen LogP contribution in [-0.4, -0.2) is 29.9 Å². The first-order valence-corrected chi connectivity index (χ1v) is 9.28. The van der Waals surface area contributed by atoms with Crippen molar-refractivity contribution in [1.29, 1.82) is 0 Å². The van der Waals surface area contributed by atoms with Crippen LogP contribution in [0.3, 0.4) is 0 Å². The van der Waals surface area contributed by atoms with E-state index in [2.05, 4.69) is 10.6 Å². The molecule has 29 heavy (non-hydrogen) atoms. The third-order valence-corrected chi connectivity index (χ3v) is 4.68. The Morgan fingerprint density at radius 2 is 1.79 bits per heavy atom. The number of benzene rings is 2. The van der Waals surface area contributed by atoms with Gasteiger partial charge in [0, 0.05) is 17.3 Å². The molecular weight excluding hydrogens is 421 g/mol. The number of nitro groups is 1. The number of nitrogens with zero attached hydrogens (tertiary/aromatic N) is 1. The van der Waals surface area contributed by atoms with E-state index < -0.39 is 28.5 Å². The molecule has 10 heteroatoms. The van der Waals surface area contributed by atoms with Gasteiger partial charge in [-0.15, -0.1) is 0 Å². The van der Waals surface area contributed by atoms with E-state index >= 15 is 0 Å². The van der Waals surface area contributed by atoms with E-state index in [1.165, 1.54) is 25.3 Å². The van der Waals surface area contributed by atoms with Crippen molar-refractivity contribution in [3.63, 3.8) is 0 Å². The summed E-state index contributed by atoms with van der Waals surface area (Å²) in [4.78, 5) is 35.6. The molecule has 1 unspecified atom stereocenters. The van der Waals surface area contributed by atoms with Crippen molar-refractivity contribution in [2.45, 2.75) is 19.9 Å². The SMILES string of the molecule is COc1ccc(NC(=O)C(NC(=O)c2ccc(Cl)c([N+](=O)[O-])c2)C(C)C)cc1Cl. The monoisotopic (exact) mass is 439 g/mol. The van der Waals surface area contributed by atoms with Gasteiger partial charge in [-0.3, -0.25) is 19.7 Å². The summed E-state index contributed by atoms with van der Waals surface area (Å²) in [5.41, 5.74) is 0.0626. The van der Waals surface area contributed by atoms with Crippen molar-refractivity contribution in [2.24, 2.45) is 5.92 Å². The minimum atomic E-state index is -0.891. The fourth-order valence-electron chi connectivity index (χ4n) is 2.52. The number of methoxy groups -OCH3 is 1. The maximum absolute atomic E-state index is 12.7. The van der Waals surface area contributed by atoms with Crippen molar-refractivity contribution in [2.75, 3.05) is 12.4 Å². The van der Waals surface area contributed by atoms with E-state index in [4.69, 9.17) is 27.9 Å². The van der Waals surface area contributed by atoms with Gasteiger partial charge in [-0.25, -0.2) is 0 Å². The molecule has 0 radical (unpaired) electrons. The molecule has 2 aromatic carbocycles. The second-order valence-corrected chi connectivity index (χ2v) is 7.27. The number of halogens is 2. The quantitative estimate of drug-likeness (QED) is 0.493. The molecule has 0 aromatic heterocycles. The number of ether oxygens (including phenoxy) is 1. The zero-order valence-electron chi connectivity index (χ0n) is 15.9. The Morgan fingerprint density at radius 3 is 2.34 bits per heavy atom. The van der Waals surface area contributed by atoms with Crippen LogP contribution in [0, 0.1) is 16.0 Å². The molecule has 2 aromatic rings. The molecule has 0 saturated carbocycles. The lowest BCUT2D eigenvalue weighted by atomic mass is 10.0. The van der Waals surface area contributed by atoms with Gasteiger partial charge >= 0.3 is 0 Å². The number of nitrogens with one attached hydrogen (secondary N) is 2. The Labute approximate surface area is 177 Å². The standard InChI is InChI=1S/C19H19Cl2N3O5/c1-10(2)17(19(26)22-12-5-7-16(29-3)14(21)9-12)23-18(25)11-4-6-13(20)15(8-11)24(27)28/h4-10,17H,1-3H3,(H,22,26)(H,23,25). The van der Waals surface area contributed by atoms with Crippen molar-refractivity contribution in [3.05, 3.63) is 62.1 Å². The average Bonchev–Trinajstić information content (AvgIpc) is 2.65. The molecule has 0 aliphatic carbocycles. The second kappa shape index (κ2) is 9.58. The summed E-state index contributed by atoms with van der Waals surface area (Å²) in [7, 11) is 1.48. The fourth-order valence-corrected chi connectivity index (χ4v) is 2.96. The Bertz CT molecular complexity index is 949. The summed E-state index contributed by atoms with van der Waals surface area (Å²) in [5, 5.41) is 16.5. The molecule has 154 valence electrons. The van der Waals surface area contributed by atoms with Crippen LogP contribution in [0.25, 0.3) is 0 Å². The summed E-state index contributed by atoms with van der Waals surface area (Å²) in [6, 6.07) is 7.54. The first-order chi connectivity index (χ1) is 13.6. The molecule has 0 fully saturated rings. The highest BCUT2D eigenvalue weighted by Crippen LogP contribution is 2.28. The smallest absolute Gasteiger partial charge is 0.288 e. The maximum atomic E-state index is 12.7. The van der Waals surface area contributed by atoms with Gasteiger partial charge in [0.25, 0.3) is 11.6 Å². The fraction of sp³-hybridized carbons (Fsp3) is 0.263. The summed E-state index contributed by atoms with van der Waals surface area (Å²) in [6.07, 6.45) is 0. The molecule has 0 aliphatic heterocycles. The number of nitro benzene ring substituents is 1. The zero-order chi connectivity index (χ0) is 21.7. The largest absolute Gasteiger partial charge is 0.495 e. The minimum Gasteiger partial charge on any atom is -0.495 e. The van der Waals surface area contributed by atoms with Gasteiger partial charge in [-0.1, -0.05) is 37.0 Å². The van der Waals surface area contributed by atoms with Crippen LogP contribution in [0.4, 0.5) is 11.4 Å². The van der Waals surface area contributed by atoms with Crippen LogP contribution >= 0.6 is 23.2 Å². The Hall–Kier alpha value is -2.84. The van der Waals surface area contributed by atoms with Crippen molar-refractivity contribution >= 4 is 46.4 Å². The molecule has 1 atom stereocenters. The molecule has 8 nitrogen and oxygen atoms in total. The van der Waals surface area contributed by atoms with Crippen LogP contribution in [0.2, 0.25) is 10.0 Å². The number of rotatable bonds is 7. The number of hydrogen-bond donors (Lipinski definition) is 2. The van der Waals surface area contributed by atoms with Crippen LogP contribution in [0.1, 0.15) is 24.2 Å². The highest BCUT2D eigenvalue weighted by molar-refractivity contribution is 6.33. The highest BCUT2D eigenvalue weighted by Gasteiger charge is 2.26. The molecule has 0 spiro atoms. The van der Waals surface area contributed by atoms with Crippen LogP contribution < -0.4 is 15.4 Å². The van der Waals surface area contributed by atoms with Gasteiger partial charge in [0.2, 0.25) is 5.91 Å². The molecule has 0 bridgehead atoms. The van der Waals surface area contributed by atoms with Crippen molar-refractivity contribution < 1.29 is 19.2 Å². The van der Waals surface area contributed by atoms with Crippen LogP contribution in [-0.2, 0) is 4.79 Å². The van der Waals surface area contributed by atoms with E-state index in [1.807, 2.05) is 0 Å². The van der Waals surface area contributed by atoms with Crippen LogP contribution in [0.5, 0.6) is 5.75 Å². The highest BCUT2D eigenvalue weighted by atomic mass is 35.5. The molecule has 0 heterocycles. The average molecular weight is 440 g/mol. The molecule has 0 saturated heterocycles. The Morgan fingerprint density at radius 1 is 1.10 bits per heavy atom. The number of carbonyl (C=O) groups is 2. The maximum Gasteiger partial charge on any atom is 0.288 e. The third-order valence-electron chi connectivity index (χ3n) is 4.06. The van der Waals surface area contributed by atoms with Gasteiger partial charge in [-0.05, 0) is 36.2 Å². The summed E-state index contributed by atoms with van der Waals surface area (Å²) < 4.78 is 5.07. The van der Waals surface area contributed by atoms with Crippen molar-refractivity contribution in [3.8, 4) is 5.75 Å². The zero-order valence-corrected chi connectivity index (χ0v) is 17.4. The number of hydrogen-bond acceptors (Lipinski definition) is 5. The van der Waals surface area contributed by atoms with E-state index in [9.17, 15) is 19.7 Å². The molecule has 2 N–H and O–H groups in total. The predicted molar refractivity (Wildman–Crippen MR) is 111 cm³/mol. The van der Waals surface area contributed by atoms with Gasteiger partial charge in [0.15, 0.2) is 0 Å². The number of amides is 2. The topological polar surface area (TPSA) is 111 Å². The first-order valence-electron chi connectivity index (χ1n) is 8.53. The molecule has 0 aliphatic rings. The molecule has 2 amide bonds. The molecule has 2 rings (SSSR count). The minimum absolute atomic E-state index is 0.0204. The van der Waals surface area contributed by atoms with E-state index in [0.29, 0.717) is 16.5 Å². The lowest BCUT2D eigenvalue weighted by molar-refractivity contribution is -0.384. The summed E-state index contributed by atoms with van der Waals surface area (Å²) in [6.45, 7) is 3.52. The summed E-state index contributed by atoms with van der Waals surface area (Å²) >= 11 is 11.8. The predicted octanol–water partition coefficient (Wildman–Crippen LogP) is 4.30.